The highest BCUT2D eigenvalue weighted by Crippen LogP contribution is 2.48. The number of anilines is 1. The fourth-order valence-electron chi connectivity index (χ4n) is 5.46. The first-order valence-electron chi connectivity index (χ1n) is 12.6. The molecule has 4 aromatic rings. The predicted octanol–water partition coefficient (Wildman–Crippen LogP) is 3.35. The van der Waals surface area contributed by atoms with Crippen molar-refractivity contribution in [2.75, 3.05) is 18.8 Å². The van der Waals surface area contributed by atoms with Crippen molar-refractivity contribution in [3.05, 3.63) is 88.3 Å². The number of thiophene rings is 1. The van der Waals surface area contributed by atoms with Crippen molar-refractivity contribution < 1.29 is 14.3 Å². The van der Waals surface area contributed by atoms with Crippen LogP contribution in [0, 0.1) is 0 Å². The predicted molar refractivity (Wildman–Crippen MR) is 149 cm³/mol. The second kappa shape index (κ2) is 9.52. The minimum Gasteiger partial charge on any atom is -0.457 e. The van der Waals surface area contributed by atoms with Crippen LogP contribution >= 0.6 is 11.3 Å². The van der Waals surface area contributed by atoms with Gasteiger partial charge in [-0.15, -0.1) is 11.3 Å². The summed E-state index contributed by atoms with van der Waals surface area (Å²) < 4.78 is 6.63. The summed E-state index contributed by atoms with van der Waals surface area (Å²) >= 11 is 1.27. The number of nitrogens with two attached hydrogens (primary N) is 3. The summed E-state index contributed by atoms with van der Waals surface area (Å²) in [5.74, 6) is 0.862. The van der Waals surface area contributed by atoms with Crippen molar-refractivity contribution in [3.8, 4) is 11.5 Å². The summed E-state index contributed by atoms with van der Waals surface area (Å²) in [7, 11) is 0. The van der Waals surface area contributed by atoms with Crippen LogP contribution in [0.5, 0.6) is 11.5 Å². The molecule has 38 heavy (non-hydrogen) atoms. The van der Waals surface area contributed by atoms with Crippen LogP contribution < -0.4 is 32.6 Å². The van der Waals surface area contributed by atoms with Gasteiger partial charge in [-0.25, -0.2) is 0 Å². The quantitative estimate of drug-likeness (QED) is 0.242. The molecular weight excluding hydrogens is 498 g/mol. The highest BCUT2D eigenvalue weighted by atomic mass is 32.1. The molecule has 1 aliphatic carbocycles. The van der Waals surface area contributed by atoms with Crippen LogP contribution in [0.1, 0.15) is 38.8 Å². The van der Waals surface area contributed by atoms with Crippen LogP contribution in [-0.2, 0) is 16.8 Å². The number of carbonyl (C=O) groups is 2. The van der Waals surface area contributed by atoms with E-state index in [1.165, 1.54) is 11.3 Å². The van der Waals surface area contributed by atoms with E-state index in [1.807, 2.05) is 54.6 Å². The standard InChI is InChI=1S/C29H29N5O3S/c30-21-11-10-20-22-23(26(38-25(21)22)28(36)34-17-12-13-33-15-17)24(31)27(35)29(20,32)14-16-6-8-19(9-7-16)37-18-4-2-1-3-5-18/h1-11,17,24,33H,12-15,30-32H2,(H,34,36). The molecule has 1 fully saturated rings. The summed E-state index contributed by atoms with van der Waals surface area (Å²) in [6, 6.07) is 19.6. The zero-order valence-electron chi connectivity index (χ0n) is 20.7. The number of para-hydroxylation sites is 1. The lowest BCUT2D eigenvalue weighted by molar-refractivity contribution is -0.126. The summed E-state index contributed by atoms with van der Waals surface area (Å²) in [5, 5.41) is 7.04. The highest BCUT2D eigenvalue weighted by molar-refractivity contribution is 7.21. The average molecular weight is 528 g/mol. The van der Waals surface area contributed by atoms with Crippen molar-refractivity contribution >= 4 is 38.8 Å². The van der Waals surface area contributed by atoms with Crippen molar-refractivity contribution in [1.29, 1.82) is 0 Å². The Bertz CT molecular complexity index is 1530. The fraction of sp³-hybridized carbons (Fsp3) is 0.241. The second-order valence-corrected chi connectivity index (χ2v) is 11.0. The first-order chi connectivity index (χ1) is 18.3. The highest BCUT2D eigenvalue weighted by Gasteiger charge is 2.47. The summed E-state index contributed by atoms with van der Waals surface area (Å²) in [5.41, 5.74) is 21.0. The molecule has 0 radical (unpaired) electrons. The van der Waals surface area contributed by atoms with Gasteiger partial charge in [0.2, 0.25) is 0 Å². The lowest BCUT2D eigenvalue weighted by Crippen LogP contribution is -2.53. The number of hydrogen-bond acceptors (Lipinski definition) is 8. The Labute approximate surface area is 224 Å². The first kappa shape index (κ1) is 24.6. The molecule has 3 aromatic carbocycles. The maximum Gasteiger partial charge on any atom is 0.262 e. The normalized spacial score (nSPS) is 22.5. The van der Waals surface area contributed by atoms with Gasteiger partial charge in [0.1, 0.15) is 17.0 Å². The SMILES string of the molecule is Nc1ccc2c3c(c(C(=O)NC4CCNC4)sc13)C(N)C(=O)C2(N)Cc1ccc(Oc2ccccc2)cc1. The van der Waals surface area contributed by atoms with Gasteiger partial charge in [-0.1, -0.05) is 36.4 Å². The Hall–Kier alpha value is -3.76. The van der Waals surface area contributed by atoms with E-state index < -0.39 is 11.6 Å². The maximum absolute atomic E-state index is 13.8. The maximum atomic E-state index is 13.8. The minimum absolute atomic E-state index is 0.0367. The molecular formula is C29H29N5O3S. The van der Waals surface area contributed by atoms with Crippen LogP contribution in [0.3, 0.4) is 0 Å². The molecule has 0 saturated carbocycles. The average Bonchev–Trinajstić information content (AvgIpc) is 3.58. The molecule has 1 aromatic heterocycles. The number of amides is 1. The number of ether oxygens (including phenoxy) is 1. The molecule has 1 saturated heterocycles. The van der Waals surface area contributed by atoms with Gasteiger partial charge in [0, 0.05) is 35.6 Å². The van der Waals surface area contributed by atoms with Gasteiger partial charge in [0.25, 0.3) is 5.91 Å². The summed E-state index contributed by atoms with van der Waals surface area (Å²) in [6.07, 6.45) is 1.10. The van der Waals surface area contributed by atoms with E-state index in [1.54, 1.807) is 12.1 Å². The lowest BCUT2D eigenvalue weighted by Gasteiger charge is -2.36. The molecule has 2 aliphatic rings. The monoisotopic (exact) mass is 527 g/mol. The largest absolute Gasteiger partial charge is 0.457 e. The molecule has 2 heterocycles. The number of nitrogen functional groups attached to an aromatic ring is 1. The molecule has 6 rings (SSSR count). The molecule has 3 atom stereocenters. The van der Waals surface area contributed by atoms with Crippen LogP contribution in [0.15, 0.2) is 66.7 Å². The number of Topliss-reactive ketones (excluding diaryl/α,β-unsaturated/α-hetero) is 1. The summed E-state index contributed by atoms with van der Waals surface area (Å²) in [6.45, 7) is 1.57. The van der Waals surface area contributed by atoms with Crippen molar-refractivity contribution in [1.82, 2.24) is 10.6 Å². The number of nitrogens with one attached hydrogen (secondary N) is 2. The van der Waals surface area contributed by atoms with E-state index in [9.17, 15) is 9.59 Å². The molecule has 1 aliphatic heterocycles. The van der Waals surface area contributed by atoms with Gasteiger partial charge in [-0.2, -0.15) is 0 Å². The minimum atomic E-state index is -1.37. The van der Waals surface area contributed by atoms with E-state index in [0.29, 0.717) is 34.0 Å². The van der Waals surface area contributed by atoms with Gasteiger partial charge in [-0.05, 0) is 54.4 Å². The van der Waals surface area contributed by atoms with Crippen LogP contribution in [-0.4, -0.2) is 30.8 Å². The zero-order chi connectivity index (χ0) is 26.4. The third kappa shape index (κ3) is 4.13. The number of hydrogen-bond donors (Lipinski definition) is 5. The third-order valence-electron chi connectivity index (χ3n) is 7.41. The fourth-order valence-corrected chi connectivity index (χ4v) is 6.66. The van der Waals surface area contributed by atoms with E-state index in [4.69, 9.17) is 21.9 Å². The van der Waals surface area contributed by atoms with Gasteiger partial charge < -0.3 is 32.6 Å². The molecule has 8 nitrogen and oxygen atoms in total. The molecule has 0 spiro atoms. The second-order valence-electron chi connectivity index (χ2n) is 9.96. The Morgan fingerprint density at radius 1 is 1.08 bits per heavy atom. The molecule has 1 amide bonds. The van der Waals surface area contributed by atoms with Gasteiger partial charge in [0.05, 0.1) is 15.6 Å². The van der Waals surface area contributed by atoms with E-state index in [2.05, 4.69) is 10.6 Å². The smallest absolute Gasteiger partial charge is 0.262 e. The first-order valence-corrected chi connectivity index (χ1v) is 13.4. The van der Waals surface area contributed by atoms with E-state index >= 15 is 0 Å². The van der Waals surface area contributed by atoms with E-state index in [0.717, 1.165) is 34.4 Å². The van der Waals surface area contributed by atoms with Gasteiger partial charge >= 0.3 is 0 Å². The van der Waals surface area contributed by atoms with Crippen LogP contribution in [0.25, 0.3) is 10.1 Å². The van der Waals surface area contributed by atoms with E-state index in [-0.39, 0.29) is 24.2 Å². The topological polar surface area (TPSA) is 145 Å². The van der Waals surface area contributed by atoms with Gasteiger partial charge in [-0.3, -0.25) is 9.59 Å². The van der Waals surface area contributed by atoms with Gasteiger partial charge in [0.15, 0.2) is 5.78 Å². The lowest BCUT2D eigenvalue weighted by atomic mass is 9.71. The number of ketones is 1. The third-order valence-corrected chi connectivity index (χ3v) is 8.66. The molecule has 194 valence electrons. The number of benzene rings is 3. The Kier molecular flexibility index (Phi) is 6.16. The number of carbonyl (C=O) groups excluding carboxylic acids is 2. The van der Waals surface area contributed by atoms with Crippen LogP contribution in [0.4, 0.5) is 5.69 Å². The number of rotatable bonds is 6. The Morgan fingerprint density at radius 3 is 2.53 bits per heavy atom. The molecule has 0 bridgehead atoms. The molecule has 3 unspecified atom stereocenters. The van der Waals surface area contributed by atoms with Crippen molar-refractivity contribution in [2.24, 2.45) is 11.5 Å². The van der Waals surface area contributed by atoms with Crippen LogP contribution in [0.2, 0.25) is 0 Å². The molecule has 8 N–H and O–H groups in total. The van der Waals surface area contributed by atoms with Crippen molar-refractivity contribution in [2.45, 2.75) is 30.5 Å². The zero-order valence-corrected chi connectivity index (χ0v) is 21.5. The summed E-state index contributed by atoms with van der Waals surface area (Å²) in [4.78, 5) is 27.5. The molecule has 9 heteroatoms. The van der Waals surface area contributed by atoms with Crippen molar-refractivity contribution in [3.63, 3.8) is 0 Å². The Morgan fingerprint density at radius 2 is 1.82 bits per heavy atom. The Balaban J connectivity index is 1.35.